The van der Waals surface area contributed by atoms with Crippen LogP contribution in [0.4, 0.5) is 5.13 Å². The van der Waals surface area contributed by atoms with Gasteiger partial charge < -0.3 is 10.2 Å². The summed E-state index contributed by atoms with van der Waals surface area (Å²) in [6.45, 7) is 0. The molecule has 0 saturated heterocycles. The van der Waals surface area contributed by atoms with Gasteiger partial charge >= 0.3 is 0 Å². The number of aromatic nitrogens is 1. The summed E-state index contributed by atoms with van der Waals surface area (Å²) in [5.41, 5.74) is -0.208. The number of carbonyl (C=O) groups is 2. The van der Waals surface area contributed by atoms with E-state index in [4.69, 9.17) is 34.8 Å². The van der Waals surface area contributed by atoms with Crippen molar-refractivity contribution in [3.8, 4) is 0 Å². The van der Waals surface area contributed by atoms with Crippen LogP contribution in [0.5, 0.6) is 0 Å². The maximum absolute atomic E-state index is 11.1. The molecule has 0 radical (unpaired) electrons. The number of rotatable bonds is 5. The number of amides is 1. The van der Waals surface area contributed by atoms with Crippen molar-refractivity contribution >= 4 is 68.1 Å². The van der Waals surface area contributed by atoms with Crippen LogP contribution in [0.3, 0.4) is 0 Å². The lowest BCUT2D eigenvalue weighted by Crippen LogP contribution is -2.14. The first-order valence-electron chi connectivity index (χ1n) is 4.33. The van der Waals surface area contributed by atoms with Gasteiger partial charge in [0, 0.05) is 0 Å². The zero-order valence-corrected chi connectivity index (χ0v) is 12.0. The van der Waals surface area contributed by atoms with Gasteiger partial charge in [-0.25, -0.2) is 4.98 Å². The third-order valence-electron chi connectivity index (χ3n) is 1.55. The van der Waals surface area contributed by atoms with Gasteiger partial charge in [-0.3, -0.25) is 9.59 Å². The lowest BCUT2D eigenvalue weighted by Gasteiger charge is -1.97. The molecule has 6 nitrogen and oxygen atoms in total. The number of hydrogen-bond donors (Lipinski definition) is 1. The molecular formula is C8H6Cl3N3O3S. The SMILES string of the molecule is CON=C(C(=O)Cl)c1nc(NC(=O)CCl)sc1Cl. The summed E-state index contributed by atoms with van der Waals surface area (Å²) in [6, 6.07) is 0. The molecule has 0 spiro atoms. The molecule has 1 aromatic heterocycles. The standard InChI is InChI=1S/C8H6Cl3N3O3S/c1-17-14-4(6(10)16)5-7(11)18-8(13-5)12-3(15)2-9/h2H2,1H3,(H,12,13,15). The van der Waals surface area contributed by atoms with Crippen molar-refractivity contribution in [2.24, 2.45) is 5.16 Å². The van der Waals surface area contributed by atoms with Crippen LogP contribution in [0, 0.1) is 0 Å². The number of alkyl halides is 1. The third kappa shape index (κ3) is 3.81. The zero-order chi connectivity index (χ0) is 13.7. The fraction of sp³-hybridized carbons (Fsp3) is 0.250. The van der Waals surface area contributed by atoms with Crippen LogP contribution in [-0.4, -0.2) is 34.8 Å². The Morgan fingerprint density at radius 2 is 2.22 bits per heavy atom. The van der Waals surface area contributed by atoms with E-state index in [1.165, 1.54) is 7.11 Å². The summed E-state index contributed by atoms with van der Waals surface area (Å²) >= 11 is 17.5. The molecule has 0 bridgehead atoms. The van der Waals surface area contributed by atoms with Gasteiger partial charge in [0.2, 0.25) is 5.91 Å². The van der Waals surface area contributed by atoms with Gasteiger partial charge in [-0.05, 0) is 11.6 Å². The summed E-state index contributed by atoms with van der Waals surface area (Å²) in [6.07, 6.45) is 0. The van der Waals surface area contributed by atoms with Crippen LogP contribution in [0.15, 0.2) is 5.16 Å². The molecule has 18 heavy (non-hydrogen) atoms. The molecule has 0 aliphatic carbocycles. The summed E-state index contributed by atoms with van der Waals surface area (Å²) in [5.74, 6) is -0.670. The quantitative estimate of drug-likeness (QED) is 0.388. The number of nitrogens with zero attached hydrogens (tertiary/aromatic N) is 2. The van der Waals surface area contributed by atoms with E-state index >= 15 is 0 Å². The van der Waals surface area contributed by atoms with Crippen LogP contribution < -0.4 is 5.32 Å². The van der Waals surface area contributed by atoms with Crippen molar-refractivity contribution in [1.29, 1.82) is 0 Å². The van der Waals surface area contributed by atoms with Crippen LogP contribution in [0.2, 0.25) is 4.34 Å². The summed E-state index contributed by atoms with van der Waals surface area (Å²) in [4.78, 5) is 30.6. The maximum atomic E-state index is 11.1. The van der Waals surface area contributed by atoms with E-state index in [1.54, 1.807) is 0 Å². The first-order chi connectivity index (χ1) is 8.49. The average molecular weight is 331 g/mol. The minimum atomic E-state index is -0.876. The Balaban J connectivity index is 3.07. The number of carbonyl (C=O) groups excluding carboxylic acids is 2. The molecule has 0 saturated carbocycles. The van der Waals surface area contributed by atoms with E-state index in [1.807, 2.05) is 0 Å². The van der Waals surface area contributed by atoms with Gasteiger partial charge in [0.05, 0.1) is 0 Å². The highest BCUT2D eigenvalue weighted by atomic mass is 35.5. The minimum Gasteiger partial charge on any atom is -0.398 e. The highest BCUT2D eigenvalue weighted by Gasteiger charge is 2.21. The second kappa shape index (κ2) is 6.89. The summed E-state index contributed by atoms with van der Waals surface area (Å²) < 4.78 is 0.143. The Hall–Kier alpha value is -0.890. The second-order valence-electron chi connectivity index (χ2n) is 2.72. The number of nitrogens with one attached hydrogen (secondary N) is 1. The predicted octanol–water partition coefficient (Wildman–Crippen LogP) is 2.09. The monoisotopic (exact) mass is 329 g/mol. The molecule has 1 heterocycles. The Labute approximate surface area is 121 Å². The number of halogens is 3. The Bertz CT molecular complexity index is 503. The zero-order valence-electron chi connectivity index (χ0n) is 8.87. The van der Waals surface area contributed by atoms with Crippen molar-refractivity contribution in [1.82, 2.24) is 4.98 Å². The number of anilines is 1. The largest absolute Gasteiger partial charge is 0.398 e. The molecule has 98 valence electrons. The van der Waals surface area contributed by atoms with Crippen molar-refractivity contribution < 1.29 is 14.4 Å². The van der Waals surface area contributed by atoms with E-state index in [0.29, 0.717) is 0 Å². The van der Waals surface area contributed by atoms with Gasteiger partial charge in [0.25, 0.3) is 5.24 Å². The molecule has 0 aromatic carbocycles. The topological polar surface area (TPSA) is 80.7 Å². The molecular weight excluding hydrogens is 325 g/mol. The highest BCUT2D eigenvalue weighted by molar-refractivity contribution is 7.20. The maximum Gasteiger partial charge on any atom is 0.276 e. The molecule has 1 aromatic rings. The van der Waals surface area contributed by atoms with Gasteiger partial charge in [0.1, 0.15) is 23.0 Å². The molecule has 0 unspecified atom stereocenters. The normalized spacial score (nSPS) is 11.2. The average Bonchev–Trinajstić information content (AvgIpc) is 2.66. The van der Waals surface area contributed by atoms with E-state index in [-0.39, 0.29) is 26.8 Å². The molecule has 1 N–H and O–H groups in total. The smallest absolute Gasteiger partial charge is 0.276 e. The fourth-order valence-corrected chi connectivity index (χ4v) is 2.17. The summed E-state index contributed by atoms with van der Waals surface area (Å²) in [7, 11) is 1.25. The Morgan fingerprint density at radius 1 is 1.56 bits per heavy atom. The Kier molecular flexibility index (Phi) is 5.80. The van der Waals surface area contributed by atoms with Gasteiger partial charge in [-0.1, -0.05) is 28.1 Å². The van der Waals surface area contributed by atoms with Crippen molar-refractivity contribution in [3.05, 3.63) is 10.0 Å². The fourth-order valence-electron chi connectivity index (χ4n) is 0.917. The number of thiazole rings is 1. The van der Waals surface area contributed by atoms with Crippen LogP contribution in [-0.2, 0) is 14.4 Å². The minimum absolute atomic E-state index is 0.0355. The van der Waals surface area contributed by atoms with Crippen molar-refractivity contribution in [2.45, 2.75) is 0 Å². The van der Waals surface area contributed by atoms with Crippen molar-refractivity contribution in [3.63, 3.8) is 0 Å². The molecule has 10 heteroatoms. The van der Waals surface area contributed by atoms with Crippen LogP contribution >= 0.6 is 46.1 Å². The lowest BCUT2D eigenvalue weighted by atomic mass is 10.3. The van der Waals surface area contributed by atoms with Crippen LogP contribution in [0.25, 0.3) is 0 Å². The van der Waals surface area contributed by atoms with Gasteiger partial charge in [-0.15, -0.1) is 11.6 Å². The molecule has 1 rings (SSSR count). The molecule has 0 aliphatic rings. The number of oxime groups is 1. The lowest BCUT2D eigenvalue weighted by molar-refractivity contribution is -0.114. The van der Waals surface area contributed by atoms with E-state index in [2.05, 4.69) is 20.3 Å². The third-order valence-corrected chi connectivity index (χ3v) is 3.14. The summed E-state index contributed by atoms with van der Waals surface area (Å²) in [5, 5.41) is 5.12. The van der Waals surface area contributed by atoms with Gasteiger partial charge in [-0.2, -0.15) is 0 Å². The van der Waals surface area contributed by atoms with Gasteiger partial charge in [0.15, 0.2) is 10.8 Å². The molecule has 1 amide bonds. The van der Waals surface area contributed by atoms with E-state index in [0.717, 1.165) is 11.3 Å². The molecule has 0 aliphatic heterocycles. The highest BCUT2D eigenvalue weighted by Crippen LogP contribution is 2.29. The first-order valence-corrected chi connectivity index (χ1v) is 6.43. The van der Waals surface area contributed by atoms with Crippen molar-refractivity contribution in [2.75, 3.05) is 18.3 Å². The molecule has 0 fully saturated rings. The molecule has 0 atom stereocenters. The number of hydrogen-bond acceptors (Lipinski definition) is 6. The Morgan fingerprint density at radius 3 is 2.72 bits per heavy atom. The van der Waals surface area contributed by atoms with E-state index < -0.39 is 11.1 Å². The first kappa shape index (κ1) is 15.2. The van der Waals surface area contributed by atoms with E-state index in [9.17, 15) is 9.59 Å². The second-order valence-corrected chi connectivity index (χ2v) is 4.93. The van der Waals surface area contributed by atoms with Crippen LogP contribution in [0.1, 0.15) is 5.69 Å². The predicted molar refractivity (Wildman–Crippen MR) is 70.9 cm³/mol.